The SMILES string of the molecule is COc1cc(C(=O)N2CCCC2Cc2ccccc2)ccc1OC(F)F. The Kier molecular flexibility index (Phi) is 5.71. The molecule has 1 amide bonds. The van der Waals surface area contributed by atoms with E-state index in [1.165, 1.54) is 30.9 Å². The molecule has 1 atom stereocenters. The first-order chi connectivity index (χ1) is 12.6. The maximum Gasteiger partial charge on any atom is 0.387 e. The molecule has 3 rings (SSSR count). The molecular formula is C20H21F2NO3. The maximum absolute atomic E-state index is 12.9. The number of likely N-dealkylation sites (tertiary alicyclic amines) is 1. The van der Waals surface area contributed by atoms with Crippen LogP contribution >= 0.6 is 0 Å². The first kappa shape index (κ1) is 18.2. The Morgan fingerprint density at radius 2 is 1.96 bits per heavy atom. The number of amides is 1. The summed E-state index contributed by atoms with van der Waals surface area (Å²) in [4.78, 5) is 14.8. The number of ether oxygens (including phenoxy) is 2. The van der Waals surface area contributed by atoms with Gasteiger partial charge in [0.2, 0.25) is 0 Å². The van der Waals surface area contributed by atoms with Crippen LogP contribution in [0.15, 0.2) is 48.5 Å². The van der Waals surface area contributed by atoms with Crippen LogP contribution < -0.4 is 9.47 Å². The van der Waals surface area contributed by atoms with E-state index in [1.807, 2.05) is 23.1 Å². The van der Waals surface area contributed by atoms with Gasteiger partial charge in [0.15, 0.2) is 11.5 Å². The summed E-state index contributed by atoms with van der Waals surface area (Å²) in [6.45, 7) is -2.26. The van der Waals surface area contributed by atoms with Crippen LogP contribution in [0.2, 0.25) is 0 Å². The van der Waals surface area contributed by atoms with Crippen molar-refractivity contribution in [3.8, 4) is 11.5 Å². The molecule has 1 heterocycles. The molecule has 6 heteroatoms. The van der Waals surface area contributed by atoms with Crippen molar-refractivity contribution in [3.05, 3.63) is 59.7 Å². The second-order valence-corrected chi connectivity index (χ2v) is 6.23. The zero-order valence-electron chi connectivity index (χ0n) is 14.5. The van der Waals surface area contributed by atoms with Crippen molar-refractivity contribution in [2.75, 3.05) is 13.7 Å². The van der Waals surface area contributed by atoms with Crippen LogP contribution in [-0.4, -0.2) is 37.1 Å². The van der Waals surface area contributed by atoms with E-state index >= 15 is 0 Å². The topological polar surface area (TPSA) is 38.8 Å². The molecule has 1 fully saturated rings. The molecule has 0 saturated carbocycles. The summed E-state index contributed by atoms with van der Waals surface area (Å²) >= 11 is 0. The van der Waals surface area contributed by atoms with Crippen LogP contribution in [0.5, 0.6) is 11.5 Å². The molecule has 2 aromatic carbocycles. The number of hydrogen-bond donors (Lipinski definition) is 0. The highest BCUT2D eigenvalue weighted by atomic mass is 19.3. The summed E-state index contributed by atoms with van der Waals surface area (Å²) < 4.78 is 34.4. The van der Waals surface area contributed by atoms with Crippen LogP contribution in [0.4, 0.5) is 8.78 Å². The van der Waals surface area contributed by atoms with Gasteiger partial charge in [-0.3, -0.25) is 4.79 Å². The highest BCUT2D eigenvalue weighted by molar-refractivity contribution is 5.95. The van der Waals surface area contributed by atoms with Crippen LogP contribution in [-0.2, 0) is 6.42 Å². The average Bonchev–Trinajstić information content (AvgIpc) is 3.10. The van der Waals surface area contributed by atoms with Crippen molar-refractivity contribution in [2.24, 2.45) is 0 Å². The summed E-state index contributed by atoms with van der Waals surface area (Å²) in [6, 6.07) is 14.5. The van der Waals surface area contributed by atoms with Crippen molar-refractivity contribution in [3.63, 3.8) is 0 Å². The highest BCUT2D eigenvalue weighted by Gasteiger charge is 2.30. The molecule has 1 saturated heterocycles. The van der Waals surface area contributed by atoms with Crippen molar-refractivity contribution >= 4 is 5.91 Å². The summed E-state index contributed by atoms with van der Waals surface area (Å²) in [7, 11) is 1.36. The quantitative estimate of drug-likeness (QED) is 0.776. The molecule has 2 aromatic rings. The molecule has 1 aliphatic rings. The van der Waals surface area contributed by atoms with E-state index in [4.69, 9.17) is 4.74 Å². The van der Waals surface area contributed by atoms with Crippen LogP contribution in [0, 0.1) is 0 Å². The third-order valence-electron chi connectivity index (χ3n) is 4.58. The van der Waals surface area contributed by atoms with Gasteiger partial charge in [-0.2, -0.15) is 8.78 Å². The van der Waals surface area contributed by atoms with Gasteiger partial charge in [-0.05, 0) is 43.0 Å². The van der Waals surface area contributed by atoms with Crippen LogP contribution in [0.3, 0.4) is 0 Å². The van der Waals surface area contributed by atoms with Crippen LogP contribution in [0.1, 0.15) is 28.8 Å². The summed E-state index contributed by atoms with van der Waals surface area (Å²) in [6.07, 6.45) is 2.70. The van der Waals surface area contributed by atoms with Gasteiger partial charge in [0, 0.05) is 18.2 Å². The molecule has 0 N–H and O–H groups in total. The lowest BCUT2D eigenvalue weighted by atomic mass is 10.0. The lowest BCUT2D eigenvalue weighted by Gasteiger charge is -2.25. The van der Waals surface area contributed by atoms with Gasteiger partial charge in [-0.25, -0.2) is 0 Å². The second-order valence-electron chi connectivity index (χ2n) is 6.23. The number of benzene rings is 2. The van der Waals surface area contributed by atoms with E-state index in [9.17, 15) is 13.6 Å². The molecule has 138 valence electrons. The minimum atomic E-state index is -2.95. The van der Waals surface area contributed by atoms with E-state index in [1.54, 1.807) is 0 Å². The molecule has 0 spiro atoms. The number of methoxy groups -OCH3 is 1. The zero-order valence-corrected chi connectivity index (χ0v) is 14.5. The predicted molar refractivity (Wildman–Crippen MR) is 93.8 cm³/mol. The number of nitrogens with zero attached hydrogens (tertiary/aromatic N) is 1. The third kappa shape index (κ3) is 4.12. The first-order valence-electron chi connectivity index (χ1n) is 8.56. The van der Waals surface area contributed by atoms with Crippen molar-refractivity contribution in [2.45, 2.75) is 31.9 Å². The summed E-state index contributed by atoms with van der Waals surface area (Å²) in [5.41, 5.74) is 1.60. The fourth-order valence-corrected chi connectivity index (χ4v) is 3.36. The molecule has 1 aliphatic heterocycles. The van der Waals surface area contributed by atoms with Crippen LogP contribution in [0.25, 0.3) is 0 Å². The molecular weight excluding hydrogens is 340 g/mol. The van der Waals surface area contributed by atoms with Gasteiger partial charge in [0.05, 0.1) is 7.11 Å². The molecule has 0 aromatic heterocycles. The summed E-state index contributed by atoms with van der Waals surface area (Å²) in [5.74, 6) is -0.0819. The Morgan fingerprint density at radius 1 is 1.19 bits per heavy atom. The zero-order chi connectivity index (χ0) is 18.5. The van der Waals surface area contributed by atoms with Crippen molar-refractivity contribution < 1.29 is 23.0 Å². The number of halogens is 2. The predicted octanol–water partition coefficient (Wildman–Crippen LogP) is 4.14. The van der Waals surface area contributed by atoms with Gasteiger partial charge >= 0.3 is 6.61 Å². The Labute approximate surface area is 151 Å². The number of hydrogen-bond acceptors (Lipinski definition) is 3. The van der Waals surface area contributed by atoms with Crippen molar-refractivity contribution in [1.82, 2.24) is 4.90 Å². The molecule has 0 radical (unpaired) electrons. The Bertz CT molecular complexity index is 752. The Hall–Kier alpha value is -2.63. The van der Waals surface area contributed by atoms with Gasteiger partial charge in [-0.1, -0.05) is 30.3 Å². The number of carbonyl (C=O) groups is 1. The van der Waals surface area contributed by atoms with E-state index in [-0.39, 0.29) is 23.4 Å². The van der Waals surface area contributed by atoms with Gasteiger partial charge in [-0.15, -0.1) is 0 Å². The smallest absolute Gasteiger partial charge is 0.387 e. The third-order valence-corrected chi connectivity index (χ3v) is 4.58. The van der Waals surface area contributed by atoms with Gasteiger partial charge < -0.3 is 14.4 Å². The largest absolute Gasteiger partial charge is 0.493 e. The lowest BCUT2D eigenvalue weighted by molar-refractivity contribution is -0.0512. The van der Waals surface area contributed by atoms with E-state index in [0.717, 1.165) is 19.3 Å². The fraction of sp³-hybridized carbons (Fsp3) is 0.350. The second kappa shape index (κ2) is 8.17. The molecule has 0 aliphatic carbocycles. The van der Waals surface area contributed by atoms with Gasteiger partial charge in [0.25, 0.3) is 5.91 Å². The monoisotopic (exact) mass is 361 g/mol. The van der Waals surface area contributed by atoms with Gasteiger partial charge in [0.1, 0.15) is 0 Å². The molecule has 4 nitrogen and oxygen atoms in total. The fourth-order valence-electron chi connectivity index (χ4n) is 3.36. The maximum atomic E-state index is 12.9. The van der Waals surface area contributed by atoms with E-state index in [2.05, 4.69) is 16.9 Å². The number of rotatable bonds is 6. The minimum Gasteiger partial charge on any atom is -0.493 e. The molecule has 26 heavy (non-hydrogen) atoms. The number of carbonyl (C=O) groups excluding carboxylic acids is 1. The Balaban J connectivity index is 1.77. The standard InChI is InChI=1S/C20H21F2NO3/c1-25-18-13-15(9-10-17(18)26-20(21)22)19(24)23-11-5-8-16(23)12-14-6-3-2-4-7-14/h2-4,6-7,9-10,13,16,20H,5,8,11-12H2,1H3. The molecule has 0 bridgehead atoms. The van der Waals surface area contributed by atoms with Crippen molar-refractivity contribution in [1.29, 1.82) is 0 Å². The highest BCUT2D eigenvalue weighted by Crippen LogP contribution is 2.31. The first-order valence-corrected chi connectivity index (χ1v) is 8.56. The average molecular weight is 361 g/mol. The molecule has 1 unspecified atom stereocenters. The Morgan fingerprint density at radius 3 is 2.65 bits per heavy atom. The summed E-state index contributed by atoms with van der Waals surface area (Å²) in [5, 5.41) is 0. The van der Waals surface area contributed by atoms with E-state index < -0.39 is 6.61 Å². The van der Waals surface area contributed by atoms with E-state index in [0.29, 0.717) is 12.1 Å². The normalized spacial score (nSPS) is 16.8. The number of alkyl halides is 2. The lowest BCUT2D eigenvalue weighted by Crippen LogP contribution is -2.36. The minimum absolute atomic E-state index is 0.0821.